The largest absolute Gasteiger partial charge is 0.496 e. The number of rotatable bonds is 6. The lowest BCUT2D eigenvalue weighted by atomic mass is 10.2. The molecule has 0 saturated heterocycles. The van der Waals surface area contributed by atoms with Crippen LogP contribution < -0.4 is 14.8 Å². The first-order valence-electron chi connectivity index (χ1n) is 5.73. The summed E-state index contributed by atoms with van der Waals surface area (Å²) >= 11 is 0. The maximum atomic E-state index is 11.4. The lowest BCUT2D eigenvalue weighted by Gasteiger charge is -2.11. The second-order valence-electron chi connectivity index (χ2n) is 4.05. The third-order valence-corrected chi connectivity index (χ3v) is 2.48. The molecule has 0 bridgehead atoms. The highest BCUT2D eigenvalue weighted by Gasteiger charge is 2.14. The van der Waals surface area contributed by atoms with Gasteiger partial charge in [-0.3, -0.25) is 9.59 Å². The van der Waals surface area contributed by atoms with Crippen LogP contribution in [0.25, 0.3) is 0 Å². The van der Waals surface area contributed by atoms with E-state index < -0.39 is 17.9 Å². The molecule has 6 heteroatoms. The van der Waals surface area contributed by atoms with E-state index in [1.54, 1.807) is 25.3 Å². The normalized spacial score (nSPS) is 11.5. The molecule has 2 N–H and O–H groups in total. The minimum atomic E-state index is -1.09. The van der Waals surface area contributed by atoms with Crippen molar-refractivity contribution in [3.63, 3.8) is 0 Å². The number of aryl methyl sites for hydroxylation is 1. The Morgan fingerprint density at radius 2 is 2.11 bits per heavy atom. The van der Waals surface area contributed by atoms with Gasteiger partial charge in [0.15, 0.2) is 6.61 Å². The quantitative estimate of drug-likeness (QED) is 0.802. The van der Waals surface area contributed by atoms with Crippen molar-refractivity contribution >= 4 is 11.9 Å². The second-order valence-corrected chi connectivity index (χ2v) is 4.05. The highest BCUT2D eigenvalue weighted by atomic mass is 16.5. The number of carbonyl (C=O) groups is 2. The molecule has 1 rings (SSSR count). The van der Waals surface area contributed by atoms with Crippen molar-refractivity contribution in [3.8, 4) is 11.5 Å². The standard InChI is InChI=1S/C13H17NO5/c1-8-6-10(4-5-11(8)18-3)19-7-12(15)14-9(2)13(16)17/h4-6,9H,7H2,1-3H3,(H,14,15)(H,16,17)/t9-/m0/s1. The lowest BCUT2D eigenvalue weighted by molar-refractivity contribution is -0.141. The zero-order valence-electron chi connectivity index (χ0n) is 11.1. The maximum absolute atomic E-state index is 11.4. The van der Waals surface area contributed by atoms with Gasteiger partial charge in [0.05, 0.1) is 7.11 Å². The van der Waals surface area contributed by atoms with Crippen LogP contribution in [0.1, 0.15) is 12.5 Å². The van der Waals surface area contributed by atoms with Crippen LogP contribution in [0.5, 0.6) is 11.5 Å². The van der Waals surface area contributed by atoms with Gasteiger partial charge in [-0.2, -0.15) is 0 Å². The molecule has 0 aliphatic rings. The number of nitrogens with one attached hydrogen (secondary N) is 1. The third-order valence-electron chi connectivity index (χ3n) is 2.48. The first-order valence-corrected chi connectivity index (χ1v) is 5.73. The van der Waals surface area contributed by atoms with Crippen molar-refractivity contribution in [2.24, 2.45) is 0 Å². The molecule has 0 saturated carbocycles. The van der Waals surface area contributed by atoms with Crippen molar-refractivity contribution < 1.29 is 24.2 Å². The van der Waals surface area contributed by atoms with E-state index in [9.17, 15) is 9.59 Å². The number of benzene rings is 1. The fourth-order valence-corrected chi connectivity index (χ4v) is 1.43. The summed E-state index contributed by atoms with van der Waals surface area (Å²) in [5, 5.41) is 10.9. The van der Waals surface area contributed by atoms with E-state index in [4.69, 9.17) is 14.6 Å². The van der Waals surface area contributed by atoms with E-state index in [1.807, 2.05) is 6.92 Å². The van der Waals surface area contributed by atoms with Gasteiger partial charge < -0.3 is 19.9 Å². The number of amides is 1. The zero-order valence-corrected chi connectivity index (χ0v) is 11.1. The highest BCUT2D eigenvalue weighted by Crippen LogP contribution is 2.22. The van der Waals surface area contributed by atoms with Crippen LogP contribution in [-0.4, -0.2) is 36.7 Å². The lowest BCUT2D eigenvalue weighted by Crippen LogP contribution is -2.40. The van der Waals surface area contributed by atoms with E-state index in [-0.39, 0.29) is 6.61 Å². The third kappa shape index (κ3) is 4.50. The Morgan fingerprint density at radius 3 is 2.63 bits per heavy atom. The second kappa shape index (κ2) is 6.63. The molecular weight excluding hydrogens is 250 g/mol. The fraction of sp³-hybridized carbons (Fsp3) is 0.385. The minimum absolute atomic E-state index is 0.233. The summed E-state index contributed by atoms with van der Waals surface area (Å²) in [6.07, 6.45) is 0. The van der Waals surface area contributed by atoms with Gasteiger partial charge in [0.1, 0.15) is 17.5 Å². The van der Waals surface area contributed by atoms with Crippen LogP contribution in [0, 0.1) is 6.92 Å². The number of carboxylic acids is 1. The molecule has 1 atom stereocenters. The van der Waals surface area contributed by atoms with Gasteiger partial charge in [0.25, 0.3) is 5.91 Å². The van der Waals surface area contributed by atoms with Gasteiger partial charge in [0.2, 0.25) is 0 Å². The average Bonchev–Trinajstić information content (AvgIpc) is 2.36. The van der Waals surface area contributed by atoms with Gasteiger partial charge in [-0.1, -0.05) is 0 Å². The van der Waals surface area contributed by atoms with Crippen LogP contribution in [0.3, 0.4) is 0 Å². The highest BCUT2D eigenvalue weighted by molar-refractivity contribution is 5.84. The minimum Gasteiger partial charge on any atom is -0.496 e. The number of ether oxygens (including phenoxy) is 2. The van der Waals surface area contributed by atoms with Crippen LogP contribution in [-0.2, 0) is 9.59 Å². The number of aliphatic carboxylic acids is 1. The van der Waals surface area contributed by atoms with Gasteiger partial charge in [-0.05, 0) is 37.6 Å². The monoisotopic (exact) mass is 267 g/mol. The smallest absolute Gasteiger partial charge is 0.325 e. The van der Waals surface area contributed by atoms with E-state index in [0.29, 0.717) is 5.75 Å². The van der Waals surface area contributed by atoms with Crippen LogP contribution in [0.4, 0.5) is 0 Å². The number of hydrogen-bond acceptors (Lipinski definition) is 4. The fourth-order valence-electron chi connectivity index (χ4n) is 1.43. The Morgan fingerprint density at radius 1 is 1.42 bits per heavy atom. The first kappa shape index (κ1) is 14.8. The van der Waals surface area contributed by atoms with Crippen molar-refractivity contribution in [1.82, 2.24) is 5.32 Å². The number of carboxylic acid groups (broad SMARTS) is 1. The summed E-state index contributed by atoms with van der Waals surface area (Å²) in [6, 6.07) is 4.23. The Labute approximate surface area is 111 Å². The molecule has 0 spiro atoms. The summed E-state index contributed by atoms with van der Waals surface area (Å²) in [5.74, 6) is -0.315. The van der Waals surface area contributed by atoms with E-state index in [1.165, 1.54) is 6.92 Å². The topological polar surface area (TPSA) is 84.9 Å². The van der Waals surface area contributed by atoms with Crippen molar-refractivity contribution in [3.05, 3.63) is 23.8 Å². The molecule has 6 nitrogen and oxygen atoms in total. The molecule has 0 unspecified atom stereocenters. The first-order chi connectivity index (χ1) is 8.93. The molecule has 0 fully saturated rings. The molecule has 19 heavy (non-hydrogen) atoms. The molecule has 0 radical (unpaired) electrons. The summed E-state index contributed by atoms with van der Waals surface area (Å²) < 4.78 is 10.4. The van der Waals surface area contributed by atoms with Gasteiger partial charge in [-0.15, -0.1) is 0 Å². The average molecular weight is 267 g/mol. The molecule has 0 aliphatic carbocycles. The molecule has 0 heterocycles. The van der Waals surface area contributed by atoms with E-state index in [0.717, 1.165) is 11.3 Å². The number of carbonyl (C=O) groups excluding carboxylic acids is 1. The Balaban J connectivity index is 2.50. The summed E-state index contributed by atoms with van der Waals surface area (Å²) in [5.41, 5.74) is 0.888. The van der Waals surface area contributed by atoms with E-state index in [2.05, 4.69) is 5.32 Å². The van der Waals surface area contributed by atoms with Gasteiger partial charge >= 0.3 is 5.97 Å². The number of hydrogen-bond donors (Lipinski definition) is 2. The summed E-state index contributed by atoms with van der Waals surface area (Å²) in [4.78, 5) is 22.0. The molecule has 1 aromatic carbocycles. The molecule has 1 amide bonds. The van der Waals surface area contributed by atoms with Gasteiger partial charge in [0, 0.05) is 0 Å². The molecule has 1 aromatic rings. The molecule has 0 aromatic heterocycles. The van der Waals surface area contributed by atoms with Gasteiger partial charge in [-0.25, -0.2) is 0 Å². The Bertz CT molecular complexity index is 472. The summed E-state index contributed by atoms with van der Waals surface area (Å²) in [6.45, 7) is 3.01. The van der Waals surface area contributed by atoms with Crippen LogP contribution >= 0.6 is 0 Å². The van der Waals surface area contributed by atoms with Crippen molar-refractivity contribution in [1.29, 1.82) is 0 Å². The van der Waals surface area contributed by atoms with Crippen LogP contribution in [0.15, 0.2) is 18.2 Å². The van der Waals surface area contributed by atoms with Crippen molar-refractivity contribution in [2.75, 3.05) is 13.7 Å². The van der Waals surface area contributed by atoms with E-state index >= 15 is 0 Å². The Hall–Kier alpha value is -2.24. The van der Waals surface area contributed by atoms with Crippen molar-refractivity contribution in [2.45, 2.75) is 19.9 Å². The molecular formula is C13H17NO5. The maximum Gasteiger partial charge on any atom is 0.325 e. The predicted molar refractivity (Wildman–Crippen MR) is 68.5 cm³/mol. The predicted octanol–water partition coefficient (Wildman–Crippen LogP) is 0.972. The molecule has 0 aliphatic heterocycles. The SMILES string of the molecule is COc1ccc(OCC(=O)N[C@@H](C)C(=O)O)cc1C. The molecule has 104 valence electrons. The van der Waals surface area contributed by atoms with Crippen LogP contribution in [0.2, 0.25) is 0 Å². The summed E-state index contributed by atoms with van der Waals surface area (Å²) in [7, 11) is 1.57. The number of methoxy groups -OCH3 is 1. The Kier molecular flexibility index (Phi) is 5.17. The zero-order chi connectivity index (χ0) is 14.4.